The molecule has 0 bridgehead atoms. The van der Waals surface area contributed by atoms with E-state index in [1.165, 1.54) is 11.8 Å². The second-order valence-corrected chi connectivity index (χ2v) is 6.80. The Hall–Kier alpha value is -2.48. The average Bonchev–Trinajstić information content (AvgIpc) is 2.59. The minimum atomic E-state index is -1.35. The van der Waals surface area contributed by atoms with Gasteiger partial charge in [0.05, 0.1) is 12.0 Å². The van der Waals surface area contributed by atoms with Crippen LogP contribution < -0.4 is 20.8 Å². The molecule has 140 valence electrons. The van der Waals surface area contributed by atoms with Crippen molar-refractivity contribution in [1.29, 1.82) is 0 Å². The van der Waals surface area contributed by atoms with Gasteiger partial charge in [0.15, 0.2) is 6.61 Å². The fourth-order valence-electron chi connectivity index (χ4n) is 2.50. The fraction of sp³-hybridized carbons (Fsp3) is 0.389. The third-order valence-corrected chi connectivity index (χ3v) is 4.80. The van der Waals surface area contributed by atoms with Gasteiger partial charge in [-0.05, 0) is 44.7 Å². The normalized spacial score (nSPS) is 12.0. The highest BCUT2D eigenvalue weighted by atomic mass is 32.2. The standard InChI is InChI=1S/C18H21NO6S/c1-9-10(2)18(23)25-16-11(3)14(6-5-12(9)16)24-7-15(20)19-13(8-26-4)17(21)22/h5-6,13H,7-8H2,1-4H3,(H,19,20)(H,21,22)/p-1/t13-/m0/s1. The number of carbonyl (C=O) groups is 2. The van der Waals surface area contributed by atoms with Crippen molar-refractivity contribution in [3.8, 4) is 5.75 Å². The van der Waals surface area contributed by atoms with Gasteiger partial charge in [-0.2, -0.15) is 11.8 Å². The molecule has 1 aromatic heterocycles. The Morgan fingerprint density at radius 3 is 2.54 bits per heavy atom. The van der Waals surface area contributed by atoms with Crippen molar-refractivity contribution in [2.45, 2.75) is 26.8 Å². The lowest BCUT2D eigenvalue weighted by atomic mass is 10.0. The van der Waals surface area contributed by atoms with E-state index in [1.54, 1.807) is 32.2 Å². The molecule has 26 heavy (non-hydrogen) atoms. The second kappa shape index (κ2) is 8.27. The van der Waals surface area contributed by atoms with Crippen molar-refractivity contribution in [1.82, 2.24) is 5.32 Å². The first-order valence-corrected chi connectivity index (χ1v) is 9.31. The molecule has 1 amide bonds. The predicted octanol–water partition coefficient (Wildman–Crippen LogP) is 0.695. The first-order chi connectivity index (χ1) is 12.3. The summed E-state index contributed by atoms with van der Waals surface area (Å²) in [6, 6.07) is 2.37. The Labute approximate surface area is 154 Å². The van der Waals surface area contributed by atoms with Gasteiger partial charge in [-0.15, -0.1) is 0 Å². The van der Waals surface area contributed by atoms with Crippen LogP contribution in [-0.4, -0.2) is 36.5 Å². The molecule has 0 aliphatic rings. The van der Waals surface area contributed by atoms with Gasteiger partial charge in [0.25, 0.3) is 5.91 Å². The molecular weight excluding hydrogens is 358 g/mol. The molecule has 0 radical (unpaired) electrons. The summed E-state index contributed by atoms with van der Waals surface area (Å²) >= 11 is 1.28. The van der Waals surface area contributed by atoms with Crippen LogP contribution in [0.4, 0.5) is 0 Å². The van der Waals surface area contributed by atoms with Crippen LogP contribution in [0.5, 0.6) is 5.75 Å². The monoisotopic (exact) mass is 378 g/mol. The molecule has 0 saturated heterocycles. The number of hydrogen-bond donors (Lipinski definition) is 1. The molecule has 0 saturated carbocycles. The van der Waals surface area contributed by atoms with Crippen LogP contribution in [0.2, 0.25) is 0 Å². The zero-order chi connectivity index (χ0) is 19.4. The summed E-state index contributed by atoms with van der Waals surface area (Å²) in [5.74, 6) is -1.34. The molecule has 8 heteroatoms. The zero-order valence-electron chi connectivity index (χ0n) is 15.0. The van der Waals surface area contributed by atoms with E-state index < -0.39 is 23.5 Å². The lowest BCUT2D eigenvalue weighted by Gasteiger charge is -2.19. The van der Waals surface area contributed by atoms with E-state index in [-0.39, 0.29) is 12.4 Å². The van der Waals surface area contributed by atoms with E-state index in [9.17, 15) is 19.5 Å². The molecule has 1 atom stereocenters. The van der Waals surface area contributed by atoms with Crippen molar-refractivity contribution < 1.29 is 23.8 Å². The van der Waals surface area contributed by atoms with Gasteiger partial charge in [0.2, 0.25) is 0 Å². The molecule has 1 aromatic carbocycles. The van der Waals surface area contributed by atoms with Crippen molar-refractivity contribution in [2.75, 3.05) is 18.6 Å². The molecule has 0 spiro atoms. The zero-order valence-corrected chi connectivity index (χ0v) is 15.8. The van der Waals surface area contributed by atoms with Crippen LogP contribution in [0.1, 0.15) is 16.7 Å². The molecule has 2 aromatic rings. The van der Waals surface area contributed by atoms with Crippen LogP contribution in [0.3, 0.4) is 0 Å². The van der Waals surface area contributed by atoms with Gasteiger partial charge in [0, 0.05) is 22.3 Å². The third-order valence-electron chi connectivity index (χ3n) is 4.14. The Bertz CT molecular complexity index is 905. The number of aryl methyl sites for hydroxylation is 2. The number of hydrogen-bond acceptors (Lipinski definition) is 7. The molecule has 7 nitrogen and oxygen atoms in total. The summed E-state index contributed by atoms with van der Waals surface area (Å²) in [7, 11) is 0. The highest BCUT2D eigenvalue weighted by Crippen LogP contribution is 2.29. The van der Waals surface area contributed by atoms with E-state index >= 15 is 0 Å². The first-order valence-electron chi connectivity index (χ1n) is 7.91. The number of carbonyl (C=O) groups excluding carboxylic acids is 2. The van der Waals surface area contributed by atoms with Gasteiger partial charge < -0.3 is 24.4 Å². The second-order valence-electron chi connectivity index (χ2n) is 5.89. The highest BCUT2D eigenvalue weighted by Gasteiger charge is 2.16. The number of carboxylic acids is 1. The van der Waals surface area contributed by atoms with Crippen molar-refractivity contribution >= 4 is 34.6 Å². The van der Waals surface area contributed by atoms with Crippen LogP contribution in [0, 0.1) is 20.8 Å². The molecule has 0 unspecified atom stereocenters. The SMILES string of the molecule is CSC[C@H](NC(=O)COc1ccc2c(C)c(C)c(=O)oc2c1C)C(=O)[O-]. The highest BCUT2D eigenvalue weighted by molar-refractivity contribution is 7.98. The minimum absolute atomic E-state index is 0.201. The Morgan fingerprint density at radius 2 is 1.92 bits per heavy atom. The van der Waals surface area contributed by atoms with Crippen LogP contribution in [0.25, 0.3) is 11.0 Å². The van der Waals surface area contributed by atoms with Gasteiger partial charge in [0.1, 0.15) is 11.3 Å². The van der Waals surface area contributed by atoms with E-state index in [4.69, 9.17) is 9.15 Å². The Morgan fingerprint density at radius 1 is 1.23 bits per heavy atom. The van der Waals surface area contributed by atoms with Crippen molar-refractivity contribution in [3.63, 3.8) is 0 Å². The van der Waals surface area contributed by atoms with Gasteiger partial charge in [-0.1, -0.05) is 0 Å². The third kappa shape index (κ3) is 4.19. The Kier molecular flexibility index (Phi) is 6.31. The minimum Gasteiger partial charge on any atom is -0.548 e. The number of thioether (sulfide) groups is 1. The summed E-state index contributed by atoms with van der Waals surface area (Å²) < 4.78 is 10.8. The molecule has 1 heterocycles. The quantitative estimate of drug-likeness (QED) is 0.706. The largest absolute Gasteiger partial charge is 0.548 e. The van der Waals surface area contributed by atoms with Crippen LogP contribution in [-0.2, 0) is 9.59 Å². The average molecular weight is 378 g/mol. The number of aliphatic carboxylic acids is 1. The summed E-state index contributed by atoms with van der Waals surface area (Å²) in [6.07, 6.45) is 1.73. The molecule has 2 rings (SSSR count). The number of nitrogens with one attached hydrogen (secondary N) is 1. The Balaban J connectivity index is 2.18. The van der Waals surface area contributed by atoms with Crippen LogP contribution >= 0.6 is 11.8 Å². The maximum absolute atomic E-state index is 11.9. The summed E-state index contributed by atoms with van der Waals surface area (Å²) in [6.45, 7) is 4.91. The van der Waals surface area contributed by atoms with E-state index in [2.05, 4.69) is 5.32 Å². The maximum atomic E-state index is 11.9. The van der Waals surface area contributed by atoms with Gasteiger partial charge in [-0.3, -0.25) is 4.79 Å². The lowest BCUT2D eigenvalue weighted by molar-refractivity contribution is -0.307. The number of fused-ring (bicyclic) bond motifs is 1. The lowest BCUT2D eigenvalue weighted by Crippen LogP contribution is -2.50. The number of amides is 1. The first kappa shape index (κ1) is 19.8. The topological polar surface area (TPSA) is 109 Å². The molecule has 0 aliphatic heterocycles. The summed E-state index contributed by atoms with van der Waals surface area (Å²) in [4.78, 5) is 34.8. The molecule has 0 fully saturated rings. The van der Waals surface area contributed by atoms with Crippen LogP contribution in [0.15, 0.2) is 21.3 Å². The predicted molar refractivity (Wildman–Crippen MR) is 97.5 cm³/mol. The van der Waals surface area contributed by atoms with Crippen molar-refractivity contribution in [2.24, 2.45) is 0 Å². The van der Waals surface area contributed by atoms with E-state index in [0.29, 0.717) is 22.5 Å². The number of benzene rings is 1. The van der Waals surface area contributed by atoms with E-state index in [0.717, 1.165) is 10.9 Å². The molecule has 1 N–H and O–H groups in total. The van der Waals surface area contributed by atoms with Gasteiger partial charge >= 0.3 is 5.63 Å². The summed E-state index contributed by atoms with van der Waals surface area (Å²) in [5.41, 5.74) is 1.97. The number of carboxylic acid groups (broad SMARTS) is 1. The fourth-order valence-corrected chi connectivity index (χ4v) is 3.05. The number of ether oxygens (including phenoxy) is 1. The van der Waals surface area contributed by atoms with Crippen molar-refractivity contribution in [3.05, 3.63) is 39.2 Å². The smallest absolute Gasteiger partial charge is 0.339 e. The molecule has 0 aliphatic carbocycles. The number of rotatable bonds is 7. The summed E-state index contributed by atoms with van der Waals surface area (Å²) in [5, 5.41) is 14.1. The van der Waals surface area contributed by atoms with Gasteiger partial charge in [-0.25, -0.2) is 4.79 Å². The molecular formula is C18H20NO6S-. The maximum Gasteiger partial charge on any atom is 0.339 e. The van der Waals surface area contributed by atoms with E-state index in [1.807, 2.05) is 6.92 Å².